The molecule has 0 radical (unpaired) electrons. The minimum absolute atomic E-state index is 0.128. The van der Waals surface area contributed by atoms with Crippen LogP contribution in [0.25, 0.3) is 0 Å². The second kappa shape index (κ2) is 13.6. The van der Waals surface area contributed by atoms with Crippen molar-refractivity contribution in [3.8, 4) is 11.5 Å². The van der Waals surface area contributed by atoms with Crippen LogP contribution in [-0.2, 0) is 11.4 Å². The summed E-state index contributed by atoms with van der Waals surface area (Å²) in [6.07, 6.45) is 1.53. The number of nitrogens with one attached hydrogen (secondary N) is 2. The lowest BCUT2D eigenvalue weighted by Crippen LogP contribution is -2.48. The van der Waals surface area contributed by atoms with Gasteiger partial charge in [0.05, 0.1) is 12.8 Å². The summed E-state index contributed by atoms with van der Waals surface area (Å²) in [5.74, 6) is 0.366. The Balaban J connectivity index is 1.62. The van der Waals surface area contributed by atoms with Crippen molar-refractivity contribution in [2.45, 2.75) is 40.3 Å². The first-order valence-electron chi connectivity index (χ1n) is 12.1. The van der Waals surface area contributed by atoms with Crippen molar-refractivity contribution in [1.29, 1.82) is 0 Å². The summed E-state index contributed by atoms with van der Waals surface area (Å²) in [5, 5.41) is 6.89. The number of amides is 2. The maximum atomic E-state index is 12.8. The molecule has 0 saturated heterocycles. The summed E-state index contributed by atoms with van der Waals surface area (Å²) >= 11 is 3.43. The van der Waals surface area contributed by atoms with E-state index >= 15 is 0 Å². The topological polar surface area (TPSA) is 89.0 Å². The average Bonchev–Trinajstić information content (AvgIpc) is 2.88. The van der Waals surface area contributed by atoms with Crippen molar-refractivity contribution in [1.82, 2.24) is 10.7 Å². The Hall–Kier alpha value is -3.65. The molecule has 8 heteroatoms. The molecule has 0 aliphatic carbocycles. The first kappa shape index (κ1) is 27.9. The van der Waals surface area contributed by atoms with Gasteiger partial charge in [0, 0.05) is 10.0 Å². The van der Waals surface area contributed by atoms with E-state index in [2.05, 4.69) is 31.8 Å². The standard InChI is InChI=1S/C29H32BrN3O4/c1-5-36-26-16-22(10-15-25(26)37-18-21-8-13-24(30)14-9-21)17-31-33-29(35)27(19(2)3)32-28(34)23-11-6-20(4)7-12-23/h6-17,19,27H,5,18H2,1-4H3,(H,32,34)(H,33,35)/b31-17-. The van der Waals surface area contributed by atoms with E-state index in [0.717, 1.165) is 21.2 Å². The van der Waals surface area contributed by atoms with Gasteiger partial charge in [0.1, 0.15) is 12.6 Å². The van der Waals surface area contributed by atoms with Crippen LogP contribution in [0.4, 0.5) is 0 Å². The normalized spacial score (nSPS) is 11.8. The Kier molecular flexibility index (Phi) is 10.3. The Labute approximate surface area is 226 Å². The van der Waals surface area contributed by atoms with Gasteiger partial charge in [-0.1, -0.05) is 59.6 Å². The van der Waals surface area contributed by atoms with Gasteiger partial charge in [-0.25, -0.2) is 5.43 Å². The number of nitrogens with zero attached hydrogens (tertiary/aromatic N) is 1. The van der Waals surface area contributed by atoms with Gasteiger partial charge < -0.3 is 14.8 Å². The number of rotatable bonds is 11. The highest BCUT2D eigenvalue weighted by atomic mass is 79.9. The van der Waals surface area contributed by atoms with Crippen molar-refractivity contribution in [2.75, 3.05) is 6.61 Å². The van der Waals surface area contributed by atoms with E-state index < -0.39 is 11.9 Å². The van der Waals surface area contributed by atoms with Crippen molar-refractivity contribution < 1.29 is 19.1 Å². The minimum Gasteiger partial charge on any atom is -0.490 e. The van der Waals surface area contributed by atoms with E-state index in [-0.39, 0.29) is 11.8 Å². The number of benzene rings is 3. The second-order valence-electron chi connectivity index (χ2n) is 8.85. The fraction of sp³-hybridized carbons (Fsp3) is 0.276. The largest absolute Gasteiger partial charge is 0.490 e. The summed E-state index contributed by atoms with van der Waals surface area (Å²) in [6.45, 7) is 8.46. The Morgan fingerprint density at radius 2 is 1.68 bits per heavy atom. The average molecular weight is 566 g/mol. The monoisotopic (exact) mass is 565 g/mol. The Bertz CT molecular complexity index is 1220. The lowest BCUT2D eigenvalue weighted by Gasteiger charge is -2.20. The summed E-state index contributed by atoms with van der Waals surface area (Å²) in [5.41, 5.74) is 5.85. The van der Waals surface area contributed by atoms with Crippen LogP contribution in [0.2, 0.25) is 0 Å². The summed E-state index contributed by atoms with van der Waals surface area (Å²) in [7, 11) is 0. The van der Waals surface area contributed by atoms with Gasteiger partial charge in [0.15, 0.2) is 11.5 Å². The predicted molar refractivity (Wildman–Crippen MR) is 149 cm³/mol. The number of halogens is 1. The summed E-state index contributed by atoms with van der Waals surface area (Å²) < 4.78 is 12.7. The molecule has 0 aliphatic rings. The molecule has 1 unspecified atom stereocenters. The molecule has 3 rings (SSSR count). The molecule has 0 bridgehead atoms. The van der Waals surface area contributed by atoms with Gasteiger partial charge in [0.2, 0.25) is 0 Å². The van der Waals surface area contributed by atoms with Crippen LogP contribution >= 0.6 is 15.9 Å². The molecule has 0 saturated carbocycles. The third kappa shape index (κ3) is 8.46. The van der Waals surface area contributed by atoms with Gasteiger partial charge in [-0.15, -0.1) is 0 Å². The third-order valence-electron chi connectivity index (χ3n) is 5.51. The zero-order valence-electron chi connectivity index (χ0n) is 21.5. The lowest BCUT2D eigenvalue weighted by molar-refractivity contribution is -0.123. The maximum absolute atomic E-state index is 12.8. The molecule has 37 heavy (non-hydrogen) atoms. The maximum Gasteiger partial charge on any atom is 0.262 e. The van der Waals surface area contributed by atoms with Gasteiger partial charge in [-0.3, -0.25) is 9.59 Å². The molecule has 194 valence electrons. The minimum atomic E-state index is -0.737. The Morgan fingerprint density at radius 1 is 0.973 bits per heavy atom. The molecule has 3 aromatic rings. The highest BCUT2D eigenvalue weighted by Crippen LogP contribution is 2.29. The molecule has 0 heterocycles. The van der Waals surface area contributed by atoms with Gasteiger partial charge in [0.25, 0.3) is 11.8 Å². The molecular formula is C29H32BrN3O4. The quantitative estimate of drug-likeness (QED) is 0.232. The summed E-state index contributed by atoms with van der Waals surface area (Å²) in [6, 6.07) is 19.8. The number of aryl methyl sites for hydroxylation is 1. The molecular weight excluding hydrogens is 534 g/mol. The van der Waals surface area contributed by atoms with E-state index in [4.69, 9.17) is 9.47 Å². The number of hydrogen-bond donors (Lipinski definition) is 2. The van der Waals surface area contributed by atoms with Crippen molar-refractivity contribution >= 4 is 34.0 Å². The number of hydrogen-bond acceptors (Lipinski definition) is 5. The van der Waals surface area contributed by atoms with Crippen molar-refractivity contribution in [3.05, 3.63) is 93.5 Å². The number of carbonyl (C=O) groups is 2. The van der Waals surface area contributed by atoms with E-state index in [1.807, 2.05) is 76.2 Å². The lowest BCUT2D eigenvalue weighted by atomic mass is 10.0. The van der Waals surface area contributed by atoms with E-state index in [1.165, 1.54) is 6.21 Å². The van der Waals surface area contributed by atoms with Crippen LogP contribution in [0.3, 0.4) is 0 Å². The van der Waals surface area contributed by atoms with Crippen LogP contribution in [0, 0.1) is 12.8 Å². The first-order valence-corrected chi connectivity index (χ1v) is 12.9. The van der Waals surface area contributed by atoms with Gasteiger partial charge in [-0.05, 0) is 73.4 Å². The van der Waals surface area contributed by atoms with Crippen LogP contribution in [0.15, 0.2) is 76.3 Å². The zero-order chi connectivity index (χ0) is 26.8. The molecule has 0 aliphatic heterocycles. The molecule has 7 nitrogen and oxygen atoms in total. The first-order chi connectivity index (χ1) is 17.8. The van der Waals surface area contributed by atoms with Gasteiger partial charge in [-0.2, -0.15) is 5.10 Å². The molecule has 2 amide bonds. The van der Waals surface area contributed by atoms with Crippen molar-refractivity contribution in [3.63, 3.8) is 0 Å². The molecule has 0 fully saturated rings. The predicted octanol–water partition coefficient (Wildman–Crippen LogP) is 5.64. The molecule has 2 N–H and O–H groups in total. The van der Waals surface area contributed by atoms with Gasteiger partial charge >= 0.3 is 0 Å². The number of hydrazone groups is 1. The molecule has 1 atom stereocenters. The fourth-order valence-electron chi connectivity index (χ4n) is 3.44. The zero-order valence-corrected chi connectivity index (χ0v) is 23.0. The van der Waals surface area contributed by atoms with Crippen molar-refractivity contribution in [2.24, 2.45) is 11.0 Å². The van der Waals surface area contributed by atoms with Crippen LogP contribution in [0.5, 0.6) is 11.5 Å². The molecule has 0 aromatic heterocycles. The highest BCUT2D eigenvalue weighted by Gasteiger charge is 2.24. The second-order valence-corrected chi connectivity index (χ2v) is 9.77. The van der Waals surface area contributed by atoms with E-state index in [1.54, 1.807) is 18.2 Å². The summed E-state index contributed by atoms with van der Waals surface area (Å²) in [4.78, 5) is 25.4. The van der Waals surface area contributed by atoms with Crippen LogP contribution < -0.4 is 20.2 Å². The van der Waals surface area contributed by atoms with E-state index in [0.29, 0.717) is 30.3 Å². The smallest absolute Gasteiger partial charge is 0.262 e. The van der Waals surface area contributed by atoms with E-state index in [9.17, 15) is 9.59 Å². The molecule has 0 spiro atoms. The Morgan fingerprint density at radius 3 is 2.32 bits per heavy atom. The highest BCUT2D eigenvalue weighted by molar-refractivity contribution is 9.10. The number of ether oxygens (including phenoxy) is 2. The number of carbonyl (C=O) groups excluding carboxylic acids is 2. The molecule has 3 aromatic carbocycles. The van der Waals surface area contributed by atoms with Crippen LogP contribution in [0.1, 0.15) is 47.8 Å². The fourth-order valence-corrected chi connectivity index (χ4v) is 3.70. The van der Waals surface area contributed by atoms with Crippen LogP contribution in [-0.4, -0.2) is 30.7 Å². The third-order valence-corrected chi connectivity index (χ3v) is 6.04. The SMILES string of the molecule is CCOc1cc(/C=N\NC(=O)C(NC(=O)c2ccc(C)cc2)C(C)C)ccc1OCc1ccc(Br)cc1.